The van der Waals surface area contributed by atoms with Crippen molar-refractivity contribution in [2.75, 3.05) is 25.6 Å². The number of hydrogen-bond donors (Lipinski definition) is 2. The van der Waals surface area contributed by atoms with E-state index in [4.69, 9.17) is 21.1 Å². The molecule has 0 bridgehead atoms. The number of carboxylic acids is 1. The summed E-state index contributed by atoms with van der Waals surface area (Å²) in [6.45, 7) is 6.10. The SMILES string of the molecule is COC[C@H]1C[C@@H]1c1ccc2c(c1)C1(CCC(Nc3cccc(Cl)c3)(C(=O)O)CC1)C(C[C@@H](C)COc1ccnc3c1[C@H](C)CCC3)C2. The fourth-order valence-corrected chi connectivity index (χ4v) is 9.59. The van der Waals surface area contributed by atoms with E-state index in [0.717, 1.165) is 50.1 Å². The van der Waals surface area contributed by atoms with Crippen LogP contribution in [0.3, 0.4) is 0 Å². The largest absolute Gasteiger partial charge is 0.493 e. The second-order valence-corrected chi connectivity index (χ2v) is 15.6. The van der Waals surface area contributed by atoms with Crippen LogP contribution in [0.5, 0.6) is 5.75 Å². The Hall–Kier alpha value is -3.09. The van der Waals surface area contributed by atoms with Crippen molar-refractivity contribution in [2.45, 2.75) is 101 Å². The van der Waals surface area contributed by atoms with Crippen LogP contribution in [0.2, 0.25) is 5.02 Å². The van der Waals surface area contributed by atoms with Crippen LogP contribution in [-0.4, -0.2) is 41.9 Å². The molecule has 250 valence electrons. The molecule has 7 rings (SSSR count). The minimum absolute atomic E-state index is 0.0510. The third-order valence-electron chi connectivity index (χ3n) is 12.0. The normalized spacial score (nSPS) is 30.0. The lowest BCUT2D eigenvalue weighted by molar-refractivity contribution is -0.144. The zero-order chi connectivity index (χ0) is 32.8. The molecule has 1 heterocycles. The number of anilines is 1. The molecule has 0 radical (unpaired) electrons. The lowest BCUT2D eigenvalue weighted by Crippen LogP contribution is -2.53. The quantitative estimate of drug-likeness (QED) is 0.214. The Morgan fingerprint density at radius 2 is 1.98 bits per heavy atom. The summed E-state index contributed by atoms with van der Waals surface area (Å²) in [4.78, 5) is 17.6. The minimum Gasteiger partial charge on any atom is -0.493 e. The number of carboxylic acid groups (broad SMARTS) is 1. The average Bonchev–Trinajstić information content (AvgIpc) is 3.77. The number of nitrogens with one attached hydrogen (secondary N) is 1. The molecule has 0 amide bonds. The highest BCUT2D eigenvalue weighted by Gasteiger charge is 2.54. The number of aromatic nitrogens is 1. The monoisotopic (exact) mass is 656 g/mol. The molecule has 4 aliphatic rings. The smallest absolute Gasteiger partial charge is 0.329 e. The second-order valence-electron chi connectivity index (χ2n) is 15.2. The molecule has 3 aromatic rings. The maximum Gasteiger partial charge on any atom is 0.329 e. The van der Waals surface area contributed by atoms with E-state index in [-0.39, 0.29) is 5.41 Å². The van der Waals surface area contributed by atoms with E-state index in [1.54, 1.807) is 7.11 Å². The van der Waals surface area contributed by atoms with Crippen LogP contribution in [0, 0.1) is 17.8 Å². The fraction of sp³-hybridized carbons (Fsp3) is 0.550. The van der Waals surface area contributed by atoms with Crippen LogP contribution < -0.4 is 10.1 Å². The van der Waals surface area contributed by atoms with E-state index < -0.39 is 11.5 Å². The number of halogens is 1. The molecule has 2 fully saturated rings. The highest BCUT2D eigenvalue weighted by atomic mass is 35.5. The van der Waals surface area contributed by atoms with E-state index in [1.165, 1.54) is 47.2 Å². The molecule has 2 aromatic carbocycles. The van der Waals surface area contributed by atoms with Gasteiger partial charge < -0.3 is 19.9 Å². The highest BCUT2D eigenvalue weighted by Crippen LogP contribution is 2.58. The molecule has 0 saturated heterocycles. The van der Waals surface area contributed by atoms with Crippen molar-refractivity contribution in [3.05, 3.63) is 87.7 Å². The second kappa shape index (κ2) is 13.1. The summed E-state index contributed by atoms with van der Waals surface area (Å²) in [7, 11) is 1.79. The number of aliphatic carboxylic acids is 1. The van der Waals surface area contributed by atoms with Crippen LogP contribution >= 0.6 is 11.6 Å². The summed E-state index contributed by atoms with van der Waals surface area (Å²) in [5, 5.41) is 14.6. The van der Waals surface area contributed by atoms with Gasteiger partial charge in [-0.3, -0.25) is 4.98 Å². The molecule has 1 spiro atoms. The third kappa shape index (κ3) is 6.28. The first-order valence-corrected chi connectivity index (χ1v) is 18.1. The summed E-state index contributed by atoms with van der Waals surface area (Å²) in [6.07, 6.45) is 11.4. The average molecular weight is 657 g/mol. The Bertz CT molecular complexity index is 1620. The molecule has 2 saturated carbocycles. The lowest BCUT2D eigenvalue weighted by Gasteiger charge is -2.47. The van der Waals surface area contributed by atoms with Gasteiger partial charge in [-0.15, -0.1) is 0 Å². The van der Waals surface area contributed by atoms with Gasteiger partial charge in [-0.05, 0) is 140 Å². The van der Waals surface area contributed by atoms with E-state index in [2.05, 4.69) is 48.4 Å². The number of hydrogen-bond acceptors (Lipinski definition) is 5. The number of nitrogens with zero attached hydrogens (tertiary/aromatic N) is 1. The van der Waals surface area contributed by atoms with Crippen molar-refractivity contribution >= 4 is 23.3 Å². The van der Waals surface area contributed by atoms with E-state index in [9.17, 15) is 9.90 Å². The number of benzene rings is 2. The number of pyridine rings is 1. The van der Waals surface area contributed by atoms with Crippen LogP contribution in [0.15, 0.2) is 54.7 Å². The number of methoxy groups -OCH3 is 1. The standard InChI is InChI=1S/C40H49ClN2O4/c1-25(23-47-36-12-17-42-35-9-4-6-26(2)37(35)36)18-30-19-28-11-10-27(33-20-29(33)24-46-3)21-34(28)39(30)13-15-40(16-14-39,38(44)45)43-32-8-5-7-31(41)22-32/h5,7-8,10-12,17,21-22,25-26,29-30,33,43H,4,6,9,13-16,18-20,23-24H2,1-3H3,(H,44,45)/t25-,26-,29-,30?,33-,39?,40?/m1/s1. The summed E-state index contributed by atoms with van der Waals surface area (Å²) >= 11 is 6.28. The first kappa shape index (κ1) is 32.5. The minimum atomic E-state index is -1.02. The van der Waals surface area contributed by atoms with Crippen LogP contribution in [0.1, 0.15) is 105 Å². The molecule has 1 aromatic heterocycles. The summed E-state index contributed by atoms with van der Waals surface area (Å²) in [6, 6.07) is 16.7. The molecule has 0 aliphatic heterocycles. The third-order valence-corrected chi connectivity index (χ3v) is 12.3. The van der Waals surface area contributed by atoms with Crippen molar-refractivity contribution < 1.29 is 19.4 Å². The van der Waals surface area contributed by atoms with Gasteiger partial charge in [0.25, 0.3) is 0 Å². The number of fused-ring (bicyclic) bond motifs is 3. The van der Waals surface area contributed by atoms with Gasteiger partial charge in [0.05, 0.1) is 6.61 Å². The van der Waals surface area contributed by atoms with Crippen molar-refractivity contribution in [2.24, 2.45) is 17.8 Å². The molecule has 7 heteroatoms. The Labute approximate surface area is 284 Å². The Morgan fingerprint density at radius 3 is 2.74 bits per heavy atom. The zero-order valence-electron chi connectivity index (χ0n) is 28.1. The predicted molar refractivity (Wildman–Crippen MR) is 187 cm³/mol. The molecular formula is C40H49ClN2O4. The zero-order valence-corrected chi connectivity index (χ0v) is 28.8. The first-order valence-electron chi connectivity index (χ1n) is 17.7. The van der Waals surface area contributed by atoms with Gasteiger partial charge in [0.2, 0.25) is 0 Å². The number of ether oxygens (including phenoxy) is 2. The topological polar surface area (TPSA) is 80.7 Å². The maximum atomic E-state index is 12.9. The van der Waals surface area contributed by atoms with Crippen LogP contribution in [-0.2, 0) is 27.8 Å². The summed E-state index contributed by atoms with van der Waals surface area (Å²) < 4.78 is 12.1. The fourth-order valence-electron chi connectivity index (χ4n) is 9.40. The molecule has 1 unspecified atom stereocenters. The predicted octanol–water partition coefficient (Wildman–Crippen LogP) is 8.95. The first-order chi connectivity index (χ1) is 22.7. The molecule has 6 nitrogen and oxygen atoms in total. The number of rotatable bonds is 11. The number of carbonyl (C=O) groups is 1. The summed E-state index contributed by atoms with van der Waals surface area (Å²) in [5.74, 6) is 2.65. The van der Waals surface area contributed by atoms with E-state index in [0.29, 0.717) is 54.1 Å². The van der Waals surface area contributed by atoms with Crippen LogP contribution in [0.4, 0.5) is 5.69 Å². The van der Waals surface area contributed by atoms with Gasteiger partial charge >= 0.3 is 5.97 Å². The van der Waals surface area contributed by atoms with Crippen LogP contribution in [0.25, 0.3) is 0 Å². The van der Waals surface area contributed by atoms with Crippen molar-refractivity contribution in [1.82, 2.24) is 4.98 Å². The molecule has 5 atom stereocenters. The van der Waals surface area contributed by atoms with Gasteiger partial charge in [0.1, 0.15) is 11.3 Å². The lowest BCUT2D eigenvalue weighted by atomic mass is 9.59. The maximum absolute atomic E-state index is 12.9. The van der Waals surface area contributed by atoms with Crippen molar-refractivity contribution in [1.29, 1.82) is 0 Å². The van der Waals surface area contributed by atoms with Crippen molar-refractivity contribution in [3.63, 3.8) is 0 Å². The van der Waals surface area contributed by atoms with E-state index >= 15 is 0 Å². The van der Waals surface area contributed by atoms with Gasteiger partial charge in [-0.1, -0.05) is 49.7 Å². The molecule has 47 heavy (non-hydrogen) atoms. The molecular weight excluding hydrogens is 608 g/mol. The molecule has 4 aliphatic carbocycles. The van der Waals surface area contributed by atoms with Gasteiger partial charge in [0, 0.05) is 41.9 Å². The number of aryl methyl sites for hydroxylation is 1. The van der Waals surface area contributed by atoms with Gasteiger partial charge in [0.15, 0.2) is 0 Å². The molecule has 2 N–H and O–H groups in total. The Kier molecular flexibility index (Phi) is 9.03. The van der Waals surface area contributed by atoms with Gasteiger partial charge in [-0.25, -0.2) is 4.79 Å². The van der Waals surface area contributed by atoms with E-state index in [1.807, 2.05) is 30.5 Å². The van der Waals surface area contributed by atoms with Crippen molar-refractivity contribution in [3.8, 4) is 5.75 Å². The summed E-state index contributed by atoms with van der Waals surface area (Å²) in [5.41, 5.74) is 6.53. The Morgan fingerprint density at radius 1 is 1.15 bits per heavy atom. The van der Waals surface area contributed by atoms with Gasteiger partial charge in [-0.2, -0.15) is 0 Å². The Balaban J connectivity index is 1.13. The highest BCUT2D eigenvalue weighted by molar-refractivity contribution is 6.30.